The Morgan fingerprint density at radius 2 is 1.92 bits per heavy atom. The summed E-state index contributed by atoms with van der Waals surface area (Å²) in [6, 6.07) is 8.26. The Morgan fingerprint density at radius 1 is 1.17 bits per heavy atom. The van der Waals surface area contributed by atoms with Gasteiger partial charge in [0.2, 0.25) is 0 Å². The number of nitrogens with zero attached hydrogens (tertiary/aromatic N) is 2. The molecule has 0 unspecified atom stereocenters. The molecule has 5 heteroatoms. The lowest BCUT2D eigenvalue weighted by atomic mass is 10.0. The van der Waals surface area contributed by atoms with Gasteiger partial charge in [-0.25, -0.2) is 0 Å². The molecular weight excluding hydrogens is 304 g/mol. The van der Waals surface area contributed by atoms with E-state index in [-0.39, 0.29) is 5.91 Å². The number of furan rings is 1. The highest BCUT2D eigenvalue weighted by atomic mass is 16.5. The van der Waals surface area contributed by atoms with Crippen LogP contribution in [0.2, 0.25) is 0 Å². The van der Waals surface area contributed by atoms with Gasteiger partial charge in [0.1, 0.15) is 5.58 Å². The zero-order valence-electron chi connectivity index (χ0n) is 14.3. The topological polar surface area (TPSA) is 45.9 Å². The molecule has 0 bridgehead atoms. The Labute approximate surface area is 142 Å². The molecule has 2 saturated heterocycles. The number of carbonyl (C=O) groups is 1. The highest BCUT2D eigenvalue weighted by Gasteiger charge is 2.38. The number of hydrogen-bond acceptors (Lipinski definition) is 4. The summed E-state index contributed by atoms with van der Waals surface area (Å²) >= 11 is 0. The van der Waals surface area contributed by atoms with Gasteiger partial charge in [-0.15, -0.1) is 0 Å². The van der Waals surface area contributed by atoms with Gasteiger partial charge in [-0.05, 0) is 18.9 Å². The van der Waals surface area contributed by atoms with Crippen molar-refractivity contribution in [2.45, 2.75) is 19.9 Å². The number of amides is 1. The van der Waals surface area contributed by atoms with Crippen molar-refractivity contribution in [3.05, 3.63) is 35.6 Å². The monoisotopic (exact) mass is 328 g/mol. The van der Waals surface area contributed by atoms with Crippen LogP contribution in [-0.4, -0.2) is 61.1 Å². The van der Waals surface area contributed by atoms with Crippen molar-refractivity contribution < 1.29 is 13.9 Å². The second-order valence-corrected chi connectivity index (χ2v) is 6.96. The molecule has 24 heavy (non-hydrogen) atoms. The molecule has 3 heterocycles. The molecule has 1 aromatic carbocycles. The van der Waals surface area contributed by atoms with E-state index in [1.165, 1.54) is 0 Å². The number of likely N-dealkylation sites (tertiary alicyclic amines) is 1. The predicted octanol–water partition coefficient (Wildman–Crippen LogP) is 2.53. The number of benzene rings is 1. The number of hydrogen-bond donors (Lipinski definition) is 0. The third-order valence-corrected chi connectivity index (χ3v) is 5.41. The summed E-state index contributed by atoms with van der Waals surface area (Å²) in [6.07, 6.45) is 0. The lowest BCUT2D eigenvalue weighted by Crippen LogP contribution is -2.47. The average molecular weight is 328 g/mol. The van der Waals surface area contributed by atoms with Crippen molar-refractivity contribution in [2.75, 3.05) is 39.4 Å². The van der Waals surface area contributed by atoms with Crippen molar-refractivity contribution in [3.63, 3.8) is 0 Å². The van der Waals surface area contributed by atoms with E-state index in [2.05, 4.69) is 11.8 Å². The molecule has 0 radical (unpaired) electrons. The lowest BCUT2D eigenvalue weighted by Gasteiger charge is -2.33. The Balaban J connectivity index is 1.55. The summed E-state index contributed by atoms with van der Waals surface area (Å²) in [7, 11) is 0. The molecule has 0 saturated carbocycles. The van der Waals surface area contributed by atoms with E-state index in [0.29, 0.717) is 17.7 Å². The summed E-state index contributed by atoms with van der Waals surface area (Å²) in [5.74, 6) is 0.981. The van der Waals surface area contributed by atoms with Gasteiger partial charge in [-0.2, -0.15) is 0 Å². The molecule has 1 aromatic heterocycles. The summed E-state index contributed by atoms with van der Waals surface area (Å²) in [5, 5.41) is 1.03. The Morgan fingerprint density at radius 3 is 2.67 bits per heavy atom. The molecule has 0 spiro atoms. The molecule has 4 rings (SSSR count). The number of fused-ring (bicyclic) bond motifs is 1. The van der Waals surface area contributed by atoms with Crippen LogP contribution in [-0.2, 0) is 4.74 Å². The fraction of sp³-hybridized carbons (Fsp3) is 0.526. The minimum Gasteiger partial charge on any atom is -0.451 e. The Kier molecular flexibility index (Phi) is 4.06. The van der Waals surface area contributed by atoms with Gasteiger partial charge >= 0.3 is 0 Å². The highest BCUT2D eigenvalue weighted by Crippen LogP contribution is 2.29. The van der Waals surface area contributed by atoms with E-state index in [0.717, 1.165) is 55.9 Å². The third-order valence-electron chi connectivity index (χ3n) is 5.41. The predicted molar refractivity (Wildman–Crippen MR) is 92.2 cm³/mol. The second-order valence-electron chi connectivity index (χ2n) is 6.96. The van der Waals surface area contributed by atoms with Crippen LogP contribution in [0.15, 0.2) is 28.7 Å². The number of carbonyl (C=O) groups excluding carboxylic acids is 1. The van der Waals surface area contributed by atoms with E-state index in [4.69, 9.17) is 9.15 Å². The van der Waals surface area contributed by atoms with E-state index in [9.17, 15) is 4.79 Å². The van der Waals surface area contributed by atoms with Crippen molar-refractivity contribution in [1.29, 1.82) is 0 Å². The number of rotatable bonds is 2. The quantitative estimate of drug-likeness (QED) is 0.850. The van der Waals surface area contributed by atoms with Crippen LogP contribution in [0.1, 0.15) is 23.0 Å². The van der Waals surface area contributed by atoms with Gasteiger partial charge in [-0.1, -0.05) is 25.1 Å². The average Bonchev–Trinajstić information content (AvgIpc) is 3.16. The summed E-state index contributed by atoms with van der Waals surface area (Å²) in [4.78, 5) is 17.4. The van der Waals surface area contributed by atoms with Crippen LogP contribution in [0.3, 0.4) is 0 Å². The molecule has 0 N–H and O–H groups in total. The van der Waals surface area contributed by atoms with Gasteiger partial charge < -0.3 is 14.1 Å². The Bertz CT molecular complexity index is 748. The SMILES string of the molecule is Cc1c(C(=O)N2C[C@@H](C)[C@@H](N3CCOCC3)C2)oc2ccccc12. The first-order valence-electron chi connectivity index (χ1n) is 8.74. The zero-order chi connectivity index (χ0) is 16.7. The maximum Gasteiger partial charge on any atom is 0.289 e. The molecule has 2 atom stereocenters. The van der Waals surface area contributed by atoms with Crippen LogP contribution >= 0.6 is 0 Å². The van der Waals surface area contributed by atoms with E-state index in [1.54, 1.807) is 0 Å². The fourth-order valence-electron chi connectivity index (χ4n) is 4.02. The fourth-order valence-corrected chi connectivity index (χ4v) is 4.02. The van der Waals surface area contributed by atoms with Crippen LogP contribution < -0.4 is 0 Å². The molecule has 2 aliphatic rings. The number of para-hydroxylation sites is 1. The standard InChI is InChI=1S/C19H24N2O3/c1-13-11-21(12-16(13)20-7-9-23-10-8-20)19(22)18-14(2)15-5-3-4-6-17(15)24-18/h3-6,13,16H,7-12H2,1-2H3/t13-,16+/m1/s1. The van der Waals surface area contributed by atoms with Gasteiger partial charge in [-0.3, -0.25) is 9.69 Å². The number of ether oxygens (including phenoxy) is 1. The van der Waals surface area contributed by atoms with Crippen molar-refractivity contribution in [2.24, 2.45) is 5.92 Å². The van der Waals surface area contributed by atoms with Crippen LogP contribution in [0, 0.1) is 12.8 Å². The molecule has 1 amide bonds. The lowest BCUT2D eigenvalue weighted by molar-refractivity contribution is 0.0119. The van der Waals surface area contributed by atoms with Crippen LogP contribution in [0.5, 0.6) is 0 Å². The summed E-state index contributed by atoms with van der Waals surface area (Å²) in [5.41, 5.74) is 1.73. The molecule has 2 fully saturated rings. The molecule has 0 aliphatic carbocycles. The molecule has 2 aromatic rings. The smallest absolute Gasteiger partial charge is 0.289 e. The molecule has 5 nitrogen and oxygen atoms in total. The second kappa shape index (κ2) is 6.22. The van der Waals surface area contributed by atoms with Gasteiger partial charge in [0.05, 0.1) is 13.2 Å². The highest BCUT2D eigenvalue weighted by molar-refractivity contribution is 5.99. The molecule has 2 aliphatic heterocycles. The Hall–Kier alpha value is -1.85. The van der Waals surface area contributed by atoms with Gasteiger partial charge in [0.15, 0.2) is 5.76 Å². The maximum absolute atomic E-state index is 13.0. The zero-order valence-corrected chi connectivity index (χ0v) is 14.3. The number of morpholine rings is 1. The van der Waals surface area contributed by atoms with E-state index in [1.807, 2.05) is 36.1 Å². The van der Waals surface area contributed by atoms with Crippen molar-refractivity contribution >= 4 is 16.9 Å². The first kappa shape index (κ1) is 15.7. The van der Waals surface area contributed by atoms with Gasteiger partial charge in [0.25, 0.3) is 5.91 Å². The summed E-state index contributed by atoms with van der Waals surface area (Å²) in [6.45, 7) is 9.27. The third kappa shape index (κ3) is 2.62. The summed E-state index contributed by atoms with van der Waals surface area (Å²) < 4.78 is 11.3. The number of aryl methyl sites for hydroxylation is 1. The van der Waals surface area contributed by atoms with Gasteiger partial charge in [0, 0.05) is 43.2 Å². The molecular formula is C19H24N2O3. The minimum absolute atomic E-state index is 0.0197. The van der Waals surface area contributed by atoms with E-state index < -0.39 is 0 Å². The van der Waals surface area contributed by atoms with E-state index >= 15 is 0 Å². The van der Waals surface area contributed by atoms with Crippen molar-refractivity contribution in [3.8, 4) is 0 Å². The van der Waals surface area contributed by atoms with Crippen LogP contribution in [0.4, 0.5) is 0 Å². The largest absolute Gasteiger partial charge is 0.451 e. The van der Waals surface area contributed by atoms with Crippen molar-refractivity contribution in [1.82, 2.24) is 9.80 Å². The van der Waals surface area contributed by atoms with Crippen LogP contribution in [0.25, 0.3) is 11.0 Å². The normalized spacial score (nSPS) is 25.5. The maximum atomic E-state index is 13.0. The molecule has 128 valence electrons. The first-order valence-corrected chi connectivity index (χ1v) is 8.74. The first-order chi connectivity index (χ1) is 11.6. The minimum atomic E-state index is 0.0197.